The first-order valence-corrected chi connectivity index (χ1v) is 9.97. The molecule has 0 bridgehead atoms. The van der Waals surface area contributed by atoms with Crippen LogP contribution in [0.15, 0.2) is 16.3 Å². The number of nitrogens with one attached hydrogen (secondary N) is 2. The van der Waals surface area contributed by atoms with Crippen LogP contribution in [0.2, 0.25) is 0 Å². The minimum Gasteiger partial charge on any atom is -0.317 e. The van der Waals surface area contributed by atoms with Crippen LogP contribution in [-0.4, -0.2) is 39.1 Å². The Bertz CT molecular complexity index is 493. The van der Waals surface area contributed by atoms with Crippen molar-refractivity contribution in [1.82, 2.24) is 10.0 Å². The lowest BCUT2D eigenvalue weighted by molar-refractivity contribution is 0.565. The van der Waals surface area contributed by atoms with E-state index < -0.39 is 10.0 Å². The Kier molecular flexibility index (Phi) is 5.70. The Hall–Kier alpha value is -0.0800. The smallest absolute Gasteiger partial charge is 0.250 e. The van der Waals surface area contributed by atoms with Gasteiger partial charge in [0, 0.05) is 16.7 Å². The zero-order valence-corrected chi connectivity index (χ0v) is 13.5. The van der Waals surface area contributed by atoms with Crippen LogP contribution in [0.4, 0.5) is 0 Å². The SMILES string of the molecule is CCNCCc1ccc(S(=O)(=O)NC2CCSC2)s1. The summed E-state index contributed by atoms with van der Waals surface area (Å²) in [7, 11) is -3.32. The molecule has 0 aromatic carbocycles. The quantitative estimate of drug-likeness (QED) is 0.751. The number of hydrogen-bond donors (Lipinski definition) is 2. The Labute approximate surface area is 123 Å². The van der Waals surface area contributed by atoms with Gasteiger partial charge in [0.25, 0.3) is 0 Å². The van der Waals surface area contributed by atoms with Gasteiger partial charge in [-0.1, -0.05) is 6.92 Å². The molecule has 0 amide bonds. The zero-order valence-electron chi connectivity index (χ0n) is 11.0. The second-order valence-corrected chi connectivity index (χ2v) is 8.77. The summed E-state index contributed by atoms with van der Waals surface area (Å²) >= 11 is 3.18. The second-order valence-electron chi connectivity index (χ2n) is 4.51. The van der Waals surface area contributed by atoms with E-state index in [0.29, 0.717) is 4.21 Å². The minimum absolute atomic E-state index is 0.0994. The van der Waals surface area contributed by atoms with Crippen molar-refractivity contribution >= 4 is 33.1 Å². The van der Waals surface area contributed by atoms with E-state index >= 15 is 0 Å². The van der Waals surface area contributed by atoms with Gasteiger partial charge in [0.05, 0.1) is 0 Å². The summed E-state index contributed by atoms with van der Waals surface area (Å²) in [6.45, 7) is 3.90. The molecular formula is C12H20N2O2S3. The third-order valence-corrected chi connectivity index (χ3v) is 7.27. The number of thioether (sulfide) groups is 1. The van der Waals surface area contributed by atoms with Gasteiger partial charge in [-0.3, -0.25) is 0 Å². The zero-order chi connectivity index (χ0) is 13.7. The van der Waals surface area contributed by atoms with Crippen LogP contribution in [0, 0.1) is 0 Å². The fourth-order valence-corrected chi connectivity index (χ4v) is 5.83. The molecule has 1 unspecified atom stereocenters. The van der Waals surface area contributed by atoms with E-state index in [1.165, 1.54) is 11.3 Å². The van der Waals surface area contributed by atoms with Crippen LogP contribution >= 0.6 is 23.1 Å². The van der Waals surface area contributed by atoms with E-state index in [9.17, 15) is 8.42 Å². The first kappa shape index (κ1) is 15.3. The average Bonchev–Trinajstić information content (AvgIpc) is 3.00. The highest BCUT2D eigenvalue weighted by atomic mass is 32.2. The Morgan fingerprint density at radius 2 is 2.26 bits per heavy atom. The summed E-state index contributed by atoms with van der Waals surface area (Å²) in [6.07, 6.45) is 1.82. The molecule has 108 valence electrons. The van der Waals surface area contributed by atoms with Crippen LogP contribution in [0.25, 0.3) is 0 Å². The normalized spacial score (nSPS) is 19.9. The van der Waals surface area contributed by atoms with Gasteiger partial charge < -0.3 is 5.32 Å². The van der Waals surface area contributed by atoms with Crippen molar-refractivity contribution in [3.8, 4) is 0 Å². The molecule has 1 aromatic rings. The summed E-state index contributed by atoms with van der Waals surface area (Å²) in [5.74, 6) is 1.93. The molecule has 1 fully saturated rings. The predicted molar refractivity (Wildman–Crippen MR) is 82.6 cm³/mol. The lowest BCUT2D eigenvalue weighted by Crippen LogP contribution is -2.34. The van der Waals surface area contributed by atoms with Crippen molar-refractivity contribution in [2.45, 2.75) is 30.0 Å². The van der Waals surface area contributed by atoms with Crippen molar-refractivity contribution in [3.63, 3.8) is 0 Å². The van der Waals surface area contributed by atoms with Gasteiger partial charge >= 0.3 is 0 Å². The fourth-order valence-electron chi connectivity index (χ4n) is 1.93. The van der Waals surface area contributed by atoms with Gasteiger partial charge in [-0.05, 0) is 43.8 Å². The van der Waals surface area contributed by atoms with Gasteiger partial charge in [-0.15, -0.1) is 11.3 Å². The van der Waals surface area contributed by atoms with Crippen LogP contribution in [0.3, 0.4) is 0 Å². The molecule has 4 nitrogen and oxygen atoms in total. The van der Waals surface area contributed by atoms with E-state index in [4.69, 9.17) is 0 Å². The number of thiophene rings is 1. The molecule has 1 aromatic heterocycles. The molecule has 1 aliphatic rings. The summed E-state index contributed by atoms with van der Waals surface area (Å²) in [5, 5.41) is 3.24. The number of hydrogen-bond acceptors (Lipinski definition) is 5. The van der Waals surface area contributed by atoms with E-state index in [-0.39, 0.29) is 6.04 Å². The molecule has 2 N–H and O–H groups in total. The summed E-state index contributed by atoms with van der Waals surface area (Å²) < 4.78 is 27.7. The highest BCUT2D eigenvalue weighted by Crippen LogP contribution is 2.24. The molecule has 0 aliphatic carbocycles. The largest absolute Gasteiger partial charge is 0.317 e. The van der Waals surface area contributed by atoms with Gasteiger partial charge in [-0.25, -0.2) is 13.1 Å². The van der Waals surface area contributed by atoms with Gasteiger partial charge in [0.1, 0.15) is 4.21 Å². The van der Waals surface area contributed by atoms with Gasteiger partial charge in [0.15, 0.2) is 0 Å². The molecule has 0 spiro atoms. The summed E-state index contributed by atoms with van der Waals surface area (Å²) in [4.78, 5) is 1.11. The third-order valence-electron chi connectivity index (χ3n) is 2.95. The molecule has 1 aliphatic heterocycles. The lowest BCUT2D eigenvalue weighted by atomic mass is 10.3. The minimum atomic E-state index is -3.32. The van der Waals surface area contributed by atoms with Crippen LogP contribution in [0.5, 0.6) is 0 Å². The van der Waals surface area contributed by atoms with Gasteiger partial charge in [-0.2, -0.15) is 11.8 Å². The van der Waals surface area contributed by atoms with Crippen LogP contribution < -0.4 is 10.0 Å². The maximum Gasteiger partial charge on any atom is 0.250 e. The molecule has 7 heteroatoms. The summed E-state index contributed by atoms with van der Waals surface area (Å²) in [6, 6.07) is 3.73. The molecule has 1 atom stereocenters. The van der Waals surface area contributed by atoms with Crippen molar-refractivity contribution in [1.29, 1.82) is 0 Å². The van der Waals surface area contributed by atoms with Gasteiger partial charge in [0.2, 0.25) is 10.0 Å². The van der Waals surface area contributed by atoms with E-state index in [1.54, 1.807) is 17.8 Å². The lowest BCUT2D eigenvalue weighted by Gasteiger charge is -2.10. The number of sulfonamides is 1. The fraction of sp³-hybridized carbons (Fsp3) is 0.667. The van der Waals surface area contributed by atoms with E-state index in [2.05, 4.69) is 17.0 Å². The summed E-state index contributed by atoms with van der Waals surface area (Å²) in [5.41, 5.74) is 0. The highest BCUT2D eigenvalue weighted by Gasteiger charge is 2.24. The van der Waals surface area contributed by atoms with E-state index in [1.807, 2.05) is 6.07 Å². The molecule has 0 saturated carbocycles. The maximum atomic E-state index is 12.2. The average molecular weight is 321 g/mol. The first-order valence-electron chi connectivity index (χ1n) is 6.51. The molecule has 2 heterocycles. The predicted octanol–water partition coefficient (Wildman–Crippen LogP) is 1.68. The van der Waals surface area contributed by atoms with Crippen LogP contribution in [0.1, 0.15) is 18.2 Å². The molecule has 2 rings (SSSR count). The number of likely N-dealkylation sites (N-methyl/N-ethyl adjacent to an activating group) is 1. The third kappa shape index (κ3) is 4.46. The standard InChI is InChI=1S/C12H20N2O2S3/c1-2-13-7-5-11-3-4-12(18-11)19(15,16)14-10-6-8-17-9-10/h3-4,10,13-14H,2,5-9H2,1H3. The Morgan fingerprint density at radius 3 is 2.95 bits per heavy atom. The van der Waals surface area contributed by atoms with Crippen LogP contribution in [-0.2, 0) is 16.4 Å². The van der Waals surface area contributed by atoms with E-state index in [0.717, 1.165) is 42.3 Å². The highest BCUT2D eigenvalue weighted by molar-refractivity contribution is 7.99. The first-order chi connectivity index (χ1) is 9.12. The van der Waals surface area contributed by atoms with Crippen molar-refractivity contribution in [3.05, 3.63) is 17.0 Å². The topological polar surface area (TPSA) is 58.2 Å². The molecule has 1 saturated heterocycles. The molecule has 19 heavy (non-hydrogen) atoms. The number of rotatable bonds is 7. The van der Waals surface area contributed by atoms with Crippen molar-refractivity contribution in [2.24, 2.45) is 0 Å². The van der Waals surface area contributed by atoms with Crippen molar-refractivity contribution in [2.75, 3.05) is 24.6 Å². The second kappa shape index (κ2) is 7.08. The molecular weight excluding hydrogens is 300 g/mol. The maximum absolute atomic E-state index is 12.2. The Morgan fingerprint density at radius 1 is 1.42 bits per heavy atom. The van der Waals surface area contributed by atoms with Crippen molar-refractivity contribution < 1.29 is 8.42 Å². The molecule has 0 radical (unpaired) electrons. The Balaban J connectivity index is 1.95. The monoisotopic (exact) mass is 320 g/mol.